The van der Waals surface area contributed by atoms with E-state index in [-0.39, 0.29) is 0 Å². The summed E-state index contributed by atoms with van der Waals surface area (Å²) < 4.78 is 0. The highest BCUT2D eigenvalue weighted by atomic mass is 14.8. The zero-order chi connectivity index (χ0) is 9.40. The molecule has 3 N–H and O–H groups in total. The molecule has 2 heteroatoms. The Morgan fingerprint density at radius 3 is 2.50 bits per heavy atom. The van der Waals surface area contributed by atoms with Gasteiger partial charge in [0.15, 0.2) is 0 Å². The van der Waals surface area contributed by atoms with Crippen LogP contribution in [0.2, 0.25) is 0 Å². The van der Waals surface area contributed by atoms with Crippen LogP contribution < -0.4 is 11.1 Å². The predicted molar refractivity (Wildman–Crippen MR) is 54.9 cm³/mol. The van der Waals surface area contributed by atoms with E-state index in [0.717, 1.165) is 6.42 Å². The van der Waals surface area contributed by atoms with Crippen LogP contribution in [0.1, 0.15) is 26.7 Å². The van der Waals surface area contributed by atoms with Crippen molar-refractivity contribution in [2.75, 3.05) is 13.6 Å². The summed E-state index contributed by atoms with van der Waals surface area (Å²) in [6, 6.07) is 0. The first-order valence-electron chi connectivity index (χ1n) is 4.48. The van der Waals surface area contributed by atoms with Crippen molar-refractivity contribution in [3.8, 4) is 0 Å². The third-order valence-corrected chi connectivity index (χ3v) is 1.73. The molecule has 0 fully saturated rings. The quantitative estimate of drug-likeness (QED) is 0.614. The Balaban J connectivity index is 4.09. The van der Waals surface area contributed by atoms with Gasteiger partial charge in [-0.15, -0.1) is 0 Å². The zero-order valence-corrected chi connectivity index (χ0v) is 8.35. The SMILES string of the molecule is CCC/C(=C\C=C(/C)CN)NC. The largest absolute Gasteiger partial charge is 0.391 e. The Morgan fingerprint density at radius 1 is 1.42 bits per heavy atom. The van der Waals surface area contributed by atoms with Gasteiger partial charge in [0, 0.05) is 19.3 Å². The number of nitrogens with two attached hydrogens (primary N) is 1. The van der Waals surface area contributed by atoms with Crippen molar-refractivity contribution in [1.29, 1.82) is 0 Å². The maximum atomic E-state index is 5.46. The molecule has 0 aliphatic carbocycles. The number of rotatable bonds is 5. The monoisotopic (exact) mass is 168 g/mol. The molecule has 0 aliphatic rings. The van der Waals surface area contributed by atoms with Crippen LogP contribution in [0, 0.1) is 0 Å². The molecule has 2 nitrogen and oxygen atoms in total. The van der Waals surface area contributed by atoms with E-state index in [4.69, 9.17) is 5.73 Å². The van der Waals surface area contributed by atoms with Gasteiger partial charge < -0.3 is 11.1 Å². The molecule has 0 rings (SSSR count). The first-order valence-corrected chi connectivity index (χ1v) is 4.48. The third-order valence-electron chi connectivity index (χ3n) is 1.73. The molecule has 0 amide bonds. The van der Waals surface area contributed by atoms with E-state index in [1.54, 1.807) is 0 Å². The molecule has 0 aliphatic heterocycles. The molecular formula is C10H20N2. The first-order chi connectivity index (χ1) is 5.74. The minimum atomic E-state index is 0.639. The molecule has 0 atom stereocenters. The van der Waals surface area contributed by atoms with E-state index in [0.29, 0.717) is 6.54 Å². The Hall–Kier alpha value is -0.760. The van der Waals surface area contributed by atoms with Crippen LogP contribution in [0.25, 0.3) is 0 Å². The van der Waals surface area contributed by atoms with E-state index in [1.807, 2.05) is 14.0 Å². The van der Waals surface area contributed by atoms with Gasteiger partial charge in [-0.2, -0.15) is 0 Å². The molecule has 0 aromatic rings. The molecule has 12 heavy (non-hydrogen) atoms. The minimum Gasteiger partial charge on any atom is -0.391 e. The van der Waals surface area contributed by atoms with Crippen molar-refractivity contribution in [2.45, 2.75) is 26.7 Å². The normalized spacial score (nSPS) is 13.3. The summed E-state index contributed by atoms with van der Waals surface area (Å²) in [4.78, 5) is 0. The van der Waals surface area contributed by atoms with Gasteiger partial charge in [0.25, 0.3) is 0 Å². The van der Waals surface area contributed by atoms with E-state index in [1.165, 1.54) is 17.7 Å². The van der Waals surface area contributed by atoms with E-state index < -0.39 is 0 Å². The molecule has 0 heterocycles. The highest BCUT2D eigenvalue weighted by Gasteiger charge is 1.89. The molecular weight excluding hydrogens is 148 g/mol. The molecule has 0 saturated heterocycles. The number of allylic oxidation sites excluding steroid dienone is 3. The van der Waals surface area contributed by atoms with Gasteiger partial charge in [-0.05, 0) is 19.4 Å². The minimum absolute atomic E-state index is 0.639. The summed E-state index contributed by atoms with van der Waals surface area (Å²) in [6.45, 7) is 4.85. The van der Waals surface area contributed by atoms with Gasteiger partial charge in [0.1, 0.15) is 0 Å². The van der Waals surface area contributed by atoms with Crippen LogP contribution in [0.15, 0.2) is 23.4 Å². The van der Waals surface area contributed by atoms with E-state index in [2.05, 4.69) is 24.4 Å². The maximum Gasteiger partial charge on any atom is 0.0137 e. The molecule has 0 saturated carbocycles. The molecule has 0 aromatic heterocycles. The molecule has 0 bridgehead atoms. The summed E-state index contributed by atoms with van der Waals surface area (Å²) in [6.07, 6.45) is 6.44. The van der Waals surface area contributed by atoms with Crippen molar-refractivity contribution in [2.24, 2.45) is 5.73 Å². The fourth-order valence-corrected chi connectivity index (χ4v) is 0.872. The number of hydrogen-bond donors (Lipinski definition) is 2. The number of nitrogens with one attached hydrogen (secondary N) is 1. The van der Waals surface area contributed by atoms with Crippen molar-refractivity contribution in [3.05, 3.63) is 23.4 Å². The molecule has 0 radical (unpaired) electrons. The van der Waals surface area contributed by atoms with Gasteiger partial charge in [-0.3, -0.25) is 0 Å². The lowest BCUT2D eigenvalue weighted by atomic mass is 10.2. The third kappa shape index (κ3) is 4.97. The van der Waals surface area contributed by atoms with Crippen molar-refractivity contribution in [3.63, 3.8) is 0 Å². The van der Waals surface area contributed by atoms with Crippen LogP contribution in [0.3, 0.4) is 0 Å². The van der Waals surface area contributed by atoms with Crippen LogP contribution in [0.4, 0.5) is 0 Å². The predicted octanol–water partition coefficient (Wildman–Crippen LogP) is 1.79. The van der Waals surface area contributed by atoms with Gasteiger partial charge in [-0.1, -0.05) is 25.0 Å². The Bertz CT molecular complexity index is 169. The summed E-state index contributed by atoms with van der Waals surface area (Å²) >= 11 is 0. The summed E-state index contributed by atoms with van der Waals surface area (Å²) in [5.41, 5.74) is 7.93. The van der Waals surface area contributed by atoms with Crippen molar-refractivity contribution in [1.82, 2.24) is 5.32 Å². The average molecular weight is 168 g/mol. The van der Waals surface area contributed by atoms with E-state index in [9.17, 15) is 0 Å². The van der Waals surface area contributed by atoms with E-state index >= 15 is 0 Å². The lowest BCUT2D eigenvalue weighted by molar-refractivity contribution is 0.816. The van der Waals surface area contributed by atoms with Crippen molar-refractivity contribution >= 4 is 0 Å². The molecule has 0 aromatic carbocycles. The average Bonchev–Trinajstić information content (AvgIpc) is 2.11. The summed E-state index contributed by atoms with van der Waals surface area (Å²) in [5, 5.41) is 3.16. The Morgan fingerprint density at radius 2 is 2.08 bits per heavy atom. The van der Waals surface area contributed by atoms with Gasteiger partial charge in [-0.25, -0.2) is 0 Å². The highest BCUT2D eigenvalue weighted by Crippen LogP contribution is 2.01. The maximum absolute atomic E-state index is 5.46. The smallest absolute Gasteiger partial charge is 0.0137 e. The second-order valence-electron chi connectivity index (χ2n) is 2.91. The van der Waals surface area contributed by atoms with Gasteiger partial charge >= 0.3 is 0 Å². The molecule has 0 unspecified atom stereocenters. The van der Waals surface area contributed by atoms with Crippen LogP contribution >= 0.6 is 0 Å². The second kappa shape index (κ2) is 6.92. The Labute approximate surface area is 75.5 Å². The molecule has 0 spiro atoms. The topological polar surface area (TPSA) is 38.0 Å². The molecule has 70 valence electrons. The zero-order valence-electron chi connectivity index (χ0n) is 8.35. The Kier molecular flexibility index (Phi) is 6.48. The van der Waals surface area contributed by atoms with Crippen LogP contribution in [-0.4, -0.2) is 13.6 Å². The van der Waals surface area contributed by atoms with Crippen molar-refractivity contribution < 1.29 is 0 Å². The summed E-state index contributed by atoms with van der Waals surface area (Å²) in [7, 11) is 1.95. The fourth-order valence-electron chi connectivity index (χ4n) is 0.872. The van der Waals surface area contributed by atoms with Crippen LogP contribution in [-0.2, 0) is 0 Å². The second-order valence-corrected chi connectivity index (χ2v) is 2.91. The standard InChI is InChI=1S/C10H20N2/c1-4-5-10(12-3)7-6-9(2)8-11/h6-7,12H,4-5,8,11H2,1-3H3/b9-6+,10-7+. The fraction of sp³-hybridized carbons (Fsp3) is 0.600. The highest BCUT2D eigenvalue weighted by molar-refractivity contribution is 5.16. The first kappa shape index (κ1) is 11.2. The lowest BCUT2D eigenvalue weighted by Crippen LogP contribution is -2.05. The van der Waals surface area contributed by atoms with Gasteiger partial charge in [0.2, 0.25) is 0 Å². The number of hydrogen-bond acceptors (Lipinski definition) is 2. The van der Waals surface area contributed by atoms with Gasteiger partial charge in [0.05, 0.1) is 0 Å². The van der Waals surface area contributed by atoms with Crippen LogP contribution in [0.5, 0.6) is 0 Å². The lowest BCUT2D eigenvalue weighted by Gasteiger charge is -2.02. The summed E-state index contributed by atoms with van der Waals surface area (Å²) in [5.74, 6) is 0.